The van der Waals surface area contributed by atoms with E-state index in [1.165, 1.54) is 0 Å². The molecule has 1 saturated carbocycles. The van der Waals surface area contributed by atoms with Gasteiger partial charge in [-0.1, -0.05) is 16.3 Å². The predicted molar refractivity (Wildman–Crippen MR) is 47.6 cm³/mol. The van der Waals surface area contributed by atoms with E-state index < -0.39 is 5.97 Å². The summed E-state index contributed by atoms with van der Waals surface area (Å²) in [7, 11) is 1.76. The van der Waals surface area contributed by atoms with Crippen LogP contribution in [-0.4, -0.2) is 39.7 Å². The minimum atomic E-state index is -1.11. The highest BCUT2D eigenvalue weighted by molar-refractivity contribution is 6.92. The standard InChI is InChI=1S/C7H8ClN3O2/c1-11(4-2-3-4)9-5(7(12)13)6(8)10-11/h4H,2-3H2,1H3/p+1. The number of rotatable bonds is 2. The molecule has 0 aromatic rings. The molecule has 1 atom stereocenters. The van der Waals surface area contributed by atoms with Crippen LogP contribution in [0.25, 0.3) is 0 Å². The number of hydrogen-bond donors (Lipinski definition) is 1. The van der Waals surface area contributed by atoms with E-state index in [9.17, 15) is 4.79 Å². The van der Waals surface area contributed by atoms with Crippen molar-refractivity contribution in [3.63, 3.8) is 0 Å². The van der Waals surface area contributed by atoms with Crippen molar-refractivity contribution in [2.75, 3.05) is 7.05 Å². The van der Waals surface area contributed by atoms with Crippen molar-refractivity contribution >= 4 is 28.5 Å². The minimum absolute atomic E-state index is 0.00176. The summed E-state index contributed by atoms with van der Waals surface area (Å²) in [4.78, 5) is 10.6. The van der Waals surface area contributed by atoms with Crippen LogP contribution in [0, 0.1) is 0 Å². The van der Waals surface area contributed by atoms with Gasteiger partial charge in [0.25, 0.3) is 0 Å². The third kappa shape index (κ3) is 1.34. The second kappa shape index (κ2) is 2.52. The zero-order chi connectivity index (χ0) is 9.64. The summed E-state index contributed by atoms with van der Waals surface area (Å²) in [5.74, 6) is -1.11. The van der Waals surface area contributed by atoms with E-state index in [-0.39, 0.29) is 15.6 Å². The van der Waals surface area contributed by atoms with Crippen LogP contribution in [-0.2, 0) is 4.79 Å². The first kappa shape index (κ1) is 8.65. The maximum absolute atomic E-state index is 10.6. The molecule has 0 amide bonds. The molecule has 1 fully saturated rings. The van der Waals surface area contributed by atoms with Crippen LogP contribution < -0.4 is 0 Å². The van der Waals surface area contributed by atoms with E-state index in [2.05, 4.69) is 10.2 Å². The molecule has 0 aromatic carbocycles. The van der Waals surface area contributed by atoms with Gasteiger partial charge in [0.05, 0.1) is 0 Å². The number of hydrogen-bond acceptors (Lipinski definition) is 3. The van der Waals surface area contributed by atoms with Gasteiger partial charge in [-0.2, -0.15) is 0 Å². The van der Waals surface area contributed by atoms with Crippen LogP contribution in [0.4, 0.5) is 0 Å². The number of carboxylic acids is 1. The van der Waals surface area contributed by atoms with Crippen LogP contribution in [0.1, 0.15) is 12.8 Å². The molecule has 70 valence electrons. The van der Waals surface area contributed by atoms with Crippen molar-refractivity contribution in [2.45, 2.75) is 18.9 Å². The fourth-order valence-corrected chi connectivity index (χ4v) is 1.62. The number of nitrogens with zero attached hydrogens (tertiary/aromatic N) is 3. The maximum Gasteiger partial charge on any atom is 0.363 e. The molecule has 2 rings (SSSR count). The van der Waals surface area contributed by atoms with Crippen LogP contribution in [0.15, 0.2) is 10.2 Å². The van der Waals surface area contributed by atoms with Gasteiger partial charge in [-0.05, 0) is 10.2 Å². The first-order valence-electron chi connectivity index (χ1n) is 3.99. The summed E-state index contributed by atoms with van der Waals surface area (Å²) in [6.45, 7) is 0. The molecule has 1 unspecified atom stereocenters. The maximum atomic E-state index is 10.6. The smallest absolute Gasteiger partial charge is 0.363 e. The van der Waals surface area contributed by atoms with E-state index in [4.69, 9.17) is 16.7 Å². The summed E-state index contributed by atoms with van der Waals surface area (Å²) in [5, 5.41) is 16.7. The van der Waals surface area contributed by atoms with Gasteiger partial charge < -0.3 is 5.11 Å². The average Bonchev–Trinajstić information content (AvgIpc) is 2.78. The topological polar surface area (TPSA) is 62.0 Å². The molecular weight excluding hydrogens is 194 g/mol. The Kier molecular flexibility index (Phi) is 1.68. The Morgan fingerprint density at radius 3 is 2.62 bits per heavy atom. The molecule has 0 saturated heterocycles. The Hall–Kier alpha value is -0.940. The molecule has 13 heavy (non-hydrogen) atoms. The summed E-state index contributed by atoms with van der Waals surface area (Å²) in [6.07, 6.45) is 2.06. The van der Waals surface area contributed by atoms with Crippen molar-refractivity contribution in [3.8, 4) is 0 Å². The van der Waals surface area contributed by atoms with E-state index in [0.717, 1.165) is 12.8 Å². The fourth-order valence-electron chi connectivity index (χ4n) is 1.35. The second-order valence-corrected chi connectivity index (χ2v) is 3.71. The van der Waals surface area contributed by atoms with Crippen LogP contribution in [0.3, 0.4) is 0 Å². The number of halogens is 1. The number of carboxylic acid groups (broad SMARTS) is 1. The van der Waals surface area contributed by atoms with E-state index in [1.54, 1.807) is 7.05 Å². The van der Waals surface area contributed by atoms with Gasteiger partial charge in [-0.25, -0.2) is 4.79 Å². The van der Waals surface area contributed by atoms with E-state index in [0.29, 0.717) is 6.04 Å². The highest BCUT2D eigenvalue weighted by Crippen LogP contribution is 2.35. The van der Waals surface area contributed by atoms with Gasteiger partial charge in [0.2, 0.25) is 10.9 Å². The monoisotopic (exact) mass is 202 g/mol. The van der Waals surface area contributed by atoms with Crippen molar-refractivity contribution in [3.05, 3.63) is 0 Å². The zero-order valence-corrected chi connectivity index (χ0v) is 7.82. The summed E-state index contributed by atoms with van der Waals surface area (Å²) >= 11 is 5.65. The molecule has 2 aliphatic rings. The summed E-state index contributed by atoms with van der Waals surface area (Å²) in [5.41, 5.74) is -0.129. The highest BCUT2D eigenvalue weighted by atomic mass is 35.5. The first-order chi connectivity index (χ1) is 6.03. The molecule has 0 aromatic heterocycles. The normalized spacial score (nSPS) is 32.8. The molecule has 0 spiro atoms. The second-order valence-electron chi connectivity index (χ2n) is 3.35. The van der Waals surface area contributed by atoms with Gasteiger partial charge in [0, 0.05) is 12.8 Å². The molecule has 0 bridgehead atoms. The molecular formula is C7H9ClN3O2+. The molecule has 5 nitrogen and oxygen atoms in total. The highest BCUT2D eigenvalue weighted by Gasteiger charge is 2.48. The van der Waals surface area contributed by atoms with Crippen molar-refractivity contribution in [2.24, 2.45) is 10.2 Å². The molecule has 6 heteroatoms. The van der Waals surface area contributed by atoms with Gasteiger partial charge in [0.1, 0.15) is 13.1 Å². The quantitative estimate of drug-likeness (QED) is 0.667. The lowest BCUT2D eigenvalue weighted by Crippen LogP contribution is -2.33. The van der Waals surface area contributed by atoms with Crippen molar-refractivity contribution in [1.82, 2.24) is 0 Å². The Labute approximate surface area is 79.9 Å². The average molecular weight is 203 g/mol. The number of carbonyl (C=O) groups is 1. The van der Waals surface area contributed by atoms with Gasteiger partial charge in [0.15, 0.2) is 0 Å². The Morgan fingerprint density at radius 2 is 2.23 bits per heavy atom. The molecule has 1 aliphatic heterocycles. The Morgan fingerprint density at radius 1 is 1.62 bits per heavy atom. The molecule has 1 heterocycles. The summed E-state index contributed by atoms with van der Waals surface area (Å²) in [6, 6.07) is 0.311. The Bertz CT molecular complexity index is 335. The van der Waals surface area contributed by atoms with Crippen molar-refractivity contribution < 1.29 is 14.6 Å². The lowest BCUT2D eigenvalue weighted by Gasteiger charge is -2.15. The third-order valence-electron chi connectivity index (χ3n) is 2.23. The molecule has 0 radical (unpaired) electrons. The predicted octanol–water partition coefficient (Wildman–Crippen LogP) is 0.602. The first-order valence-corrected chi connectivity index (χ1v) is 4.36. The third-order valence-corrected chi connectivity index (χ3v) is 2.48. The largest absolute Gasteiger partial charge is 0.476 e. The molecule has 1 aliphatic carbocycles. The lowest BCUT2D eigenvalue weighted by molar-refractivity contribution is -0.930. The van der Waals surface area contributed by atoms with Crippen LogP contribution in [0.5, 0.6) is 0 Å². The van der Waals surface area contributed by atoms with Gasteiger partial charge >= 0.3 is 5.97 Å². The SMILES string of the molecule is C[N+]1(C2CC2)N=C(Cl)C(C(=O)O)=N1. The van der Waals surface area contributed by atoms with E-state index in [1.807, 2.05) is 0 Å². The molecule has 1 N–H and O–H groups in total. The summed E-state index contributed by atoms with van der Waals surface area (Å²) < 4.78 is 0.0560. The number of quaternary nitrogens is 1. The fraction of sp³-hybridized carbons (Fsp3) is 0.571. The van der Waals surface area contributed by atoms with Crippen molar-refractivity contribution in [1.29, 1.82) is 0 Å². The Balaban J connectivity index is 2.33. The minimum Gasteiger partial charge on any atom is -0.476 e. The lowest BCUT2D eigenvalue weighted by atomic mass is 10.4. The number of aliphatic carboxylic acids is 1. The van der Waals surface area contributed by atoms with E-state index >= 15 is 0 Å². The van der Waals surface area contributed by atoms with Gasteiger partial charge in [-0.15, -0.1) is 0 Å². The van der Waals surface area contributed by atoms with Gasteiger partial charge in [-0.3, -0.25) is 0 Å². The van der Waals surface area contributed by atoms with Crippen LogP contribution >= 0.6 is 11.6 Å². The van der Waals surface area contributed by atoms with Crippen LogP contribution in [0.2, 0.25) is 0 Å². The zero-order valence-electron chi connectivity index (χ0n) is 7.07.